The van der Waals surface area contributed by atoms with Crippen molar-refractivity contribution in [2.24, 2.45) is 0 Å². The number of benzene rings is 1. The van der Waals surface area contributed by atoms with E-state index in [4.69, 9.17) is 9.47 Å². The minimum atomic E-state index is -0.0577. The third-order valence-corrected chi connectivity index (χ3v) is 6.33. The molecule has 4 heterocycles. The number of tetrazole rings is 1. The molecule has 2 atom stereocenters. The van der Waals surface area contributed by atoms with Gasteiger partial charge in [-0.15, -0.1) is 5.10 Å². The van der Waals surface area contributed by atoms with E-state index in [-0.39, 0.29) is 17.8 Å². The number of pyridine rings is 1. The molecule has 0 unspecified atom stereocenters. The average Bonchev–Trinajstić information content (AvgIpc) is 3.54. The molecule has 0 bridgehead atoms. The summed E-state index contributed by atoms with van der Waals surface area (Å²) in [6, 6.07) is 8.06. The SMILES string of the molecule is Cc1ccc2[nH]c(=O)c(CN(Cc3nnnn3C[C@@H]3CCCO3)C[C@@H]3CCCO3)cc2c1. The van der Waals surface area contributed by atoms with Crippen LogP contribution in [0.5, 0.6) is 0 Å². The molecule has 2 aliphatic heterocycles. The van der Waals surface area contributed by atoms with E-state index in [1.54, 1.807) is 0 Å². The van der Waals surface area contributed by atoms with Crippen LogP contribution in [0.2, 0.25) is 0 Å². The van der Waals surface area contributed by atoms with Gasteiger partial charge in [-0.05, 0) is 66.6 Å². The molecule has 1 N–H and O–H groups in total. The Labute approximate surface area is 186 Å². The Bertz CT molecular complexity index is 1110. The zero-order valence-electron chi connectivity index (χ0n) is 18.5. The van der Waals surface area contributed by atoms with Gasteiger partial charge in [-0.25, -0.2) is 4.68 Å². The molecule has 170 valence electrons. The number of aromatic amines is 1. The highest BCUT2D eigenvalue weighted by atomic mass is 16.5. The fraction of sp³-hybridized carbons (Fsp3) is 0.565. The third-order valence-electron chi connectivity index (χ3n) is 6.33. The summed E-state index contributed by atoms with van der Waals surface area (Å²) in [6.07, 6.45) is 4.55. The molecule has 9 nitrogen and oxygen atoms in total. The van der Waals surface area contributed by atoms with E-state index in [0.717, 1.165) is 67.7 Å². The summed E-state index contributed by atoms with van der Waals surface area (Å²) in [5.74, 6) is 0.784. The average molecular weight is 439 g/mol. The van der Waals surface area contributed by atoms with E-state index in [2.05, 4.69) is 38.4 Å². The smallest absolute Gasteiger partial charge is 0.252 e. The summed E-state index contributed by atoms with van der Waals surface area (Å²) < 4.78 is 13.5. The van der Waals surface area contributed by atoms with Crippen molar-refractivity contribution in [2.45, 2.75) is 64.4 Å². The van der Waals surface area contributed by atoms with Crippen molar-refractivity contribution in [1.82, 2.24) is 30.1 Å². The van der Waals surface area contributed by atoms with Gasteiger partial charge in [0.05, 0.1) is 25.3 Å². The maximum absolute atomic E-state index is 12.8. The molecule has 0 saturated carbocycles. The molecule has 0 aliphatic carbocycles. The number of nitrogens with one attached hydrogen (secondary N) is 1. The summed E-state index contributed by atoms with van der Waals surface area (Å²) in [4.78, 5) is 18.1. The minimum absolute atomic E-state index is 0.0577. The first kappa shape index (κ1) is 21.2. The Morgan fingerprint density at radius 1 is 1.12 bits per heavy atom. The standard InChI is InChI=1S/C23H30N6O3/c1-16-6-7-21-17(10-16)11-18(23(30)24-21)12-28(13-19-4-2-8-31-19)15-22-25-26-27-29(22)14-20-5-3-9-32-20/h6-7,10-11,19-20H,2-5,8-9,12-15H2,1H3,(H,24,30)/t19-,20-/m0/s1. The second kappa shape index (κ2) is 9.48. The van der Waals surface area contributed by atoms with Gasteiger partial charge in [0, 0.05) is 37.4 Å². The molecule has 9 heteroatoms. The lowest BCUT2D eigenvalue weighted by atomic mass is 10.1. The molecule has 32 heavy (non-hydrogen) atoms. The molecule has 0 radical (unpaired) electrons. The van der Waals surface area contributed by atoms with Crippen molar-refractivity contribution >= 4 is 10.9 Å². The predicted octanol–water partition coefficient (Wildman–Crippen LogP) is 2.18. The fourth-order valence-corrected chi connectivity index (χ4v) is 4.65. The molecule has 0 amide bonds. The van der Waals surface area contributed by atoms with Crippen molar-refractivity contribution in [3.8, 4) is 0 Å². The first-order valence-electron chi connectivity index (χ1n) is 11.5. The van der Waals surface area contributed by atoms with Crippen LogP contribution in [0.1, 0.15) is 42.6 Å². The van der Waals surface area contributed by atoms with Crippen molar-refractivity contribution in [3.05, 3.63) is 51.6 Å². The summed E-state index contributed by atoms with van der Waals surface area (Å²) in [7, 11) is 0. The maximum Gasteiger partial charge on any atom is 0.252 e. The highest BCUT2D eigenvalue weighted by Crippen LogP contribution is 2.19. The zero-order chi connectivity index (χ0) is 21.9. The molecule has 2 aromatic heterocycles. The van der Waals surface area contributed by atoms with Gasteiger partial charge in [0.2, 0.25) is 0 Å². The first-order valence-corrected chi connectivity index (χ1v) is 11.5. The minimum Gasteiger partial charge on any atom is -0.377 e. The Morgan fingerprint density at radius 2 is 1.94 bits per heavy atom. The summed E-state index contributed by atoms with van der Waals surface area (Å²) >= 11 is 0. The summed E-state index contributed by atoms with van der Waals surface area (Å²) in [6.45, 7) is 6.10. The van der Waals surface area contributed by atoms with Crippen molar-refractivity contribution < 1.29 is 9.47 Å². The molecule has 2 fully saturated rings. The van der Waals surface area contributed by atoms with E-state index in [0.29, 0.717) is 19.6 Å². The maximum atomic E-state index is 12.8. The lowest BCUT2D eigenvalue weighted by Crippen LogP contribution is -2.34. The van der Waals surface area contributed by atoms with Gasteiger partial charge in [0.1, 0.15) is 0 Å². The Balaban J connectivity index is 1.38. The number of aryl methyl sites for hydroxylation is 1. The quantitative estimate of drug-likeness (QED) is 0.576. The van der Waals surface area contributed by atoms with Crippen LogP contribution in [0.4, 0.5) is 0 Å². The lowest BCUT2D eigenvalue weighted by molar-refractivity contribution is 0.0647. The molecule has 2 aliphatic rings. The predicted molar refractivity (Wildman–Crippen MR) is 119 cm³/mol. The van der Waals surface area contributed by atoms with Crippen LogP contribution in [-0.4, -0.2) is 62.1 Å². The van der Waals surface area contributed by atoms with Gasteiger partial charge in [0.25, 0.3) is 5.56 Å². The largest absolute Gasteiger partial charge is 0.377 e. The van der Waals surface area contributed by atoms with Crippen LogP contribution in [0.25, 0.3) is 10.9 Å². The van der Waals surface area contributed by atoms with Crippen molar-refractivity contribution in [3.63, 3.8) is 0 Å². The Kier molecular flexibility index (Phi) is 6.29. The number of hydrogen-bond donors (Lipinski definition) is 1. The van der Waals surface area contributed by atoms with Crippen LogP contribution in [-0.2, 0) is 29.1 Å². The molecule has 2 saturated heterocycles. The van der Waals surface area contributed by atoms with E-state index >= 15 is 0 Å². The Morgan fingerprint density at radius 3 is 2.72 bits per heavy atom. The summed E-state index contributed by atoms with van der Waals surface area (Å²) in [5, 5.41) is 13.4. The van der Waals surface area contributed by atoms with Crippen molar-refractivity contribution in [1.29, 1.82) is 0 Å². The van der Waals surface area contributed by atoms with Crippen LogP contribution in [0.3, 0.4) is 0 Å². The van der Waals surface area contributed by atoms with Gasteiger partial charge in [-0.3, -0.25) is 9.69 Å². The first-order chi connectivity index (χ1) is 15.6. The van der Waals surface area contributed by atoms with Crippen LogP contribution >= 0.6 is 0 Å². The molecular weight excluding hydrogens is 408 g/mol. The van der Waals surface area contributed by atoms with Gasteiger partial charge in [0.15, 0.2) is 5.82 Å². The van der Waals surface area contributed by atoms with Crippen LogP contribution < -0.4 is 5.56 Å². The number of fused-ring (bicyclic) bond motifs is 1. The topological polar surface area (TPSA) is 98.2 Å². The molecular formula is C23H30N6O3. The fourth-order valence-electron chi connectivity index (χ4n) is 4.65. The van der Waals surface area contributed by atoms with E-state index in [1.807, 2.05) is 22.9 Å². The third kappa shape index (κ3) is 4.90. The van der Waals surface area contributed by atoms with Crippen LogP contribution in [0.15, 0.2) is 29.1 Å². The van der Waals surface area contributed by atoms with E-state index in [1.165, 1.54) is 5.56 Å². The van der Waals surface area contributed by atoms with Crippen molar-refractivity contribution in [2.75, 3.05) is 19.8 Å². The molecule has 3 aromatic rings. The number of rotatable bonds is 8. The number of nitrogens with zero attached hydrogens (tertiary/aromatic N) is 5. The number of ether oxygens (including phenoxy) is 2. The molecule has 0 spiro atoms. The number of H-pyrrole nitrogens is 1. The van der Waals surface area contributed by atoms with Gasteiger partial charge >= 0.3 is 0 Å². The Hall–Kier alpha value is -2.62. The molecule has 5 rings (SSSR count). The summed E-state index contributed by atoms with van der Waals surface area (Å²) in [5.41, 5.74) is 2.70. The normalized spacial score (nSPS) is 21.2. The lowest BCUT2D eigenvalue weighted by Gasteiger charge is -2.25. The van der Waals surface area contributed by atoms with Gasteiger partial charge in [-0.2, -0.15) is 0 Å². The second-order valence-corrected chi connectivity index (χ2v) is 8.93. The van der Waals surface area contributed by atoms with E-state index < -0.39 is 0 Å². The number of hydrogen-bond acceptors (Lipinski definition) is 7. The zero-order valence-corrected chi connectivity index (χ0v) is 18.5. The number of aromatic nitrogens is 5. The molecule has 1 aromatic carbocycles. The van der Waals surface area contributed by atoms with Gasteiger partial charge in [-0.1, -0.05) is 11.6 Å². The van der Waals surface area contributed by atoms with Crippen LogP contribution in [0, 0.1) is 6.92 Å². The second-order valence-electron chi connectivity index (χ2n) is 8.93. The van der Waals surface area contributed by atoms with Gasteiger partial charge < -0.3 is 14.5 Å². The monoisotopic (exact) mass is 438 g/mol. The highest BCUT2D eigenvalue weighted by Gasteiger charge is 2.24. The highest BCUT2D eigenvalue weighted by molar-refractivity contribution is 5.79. The van der Waals surface area contributed by atoms with E-state index in [9.17, 15) is 4.79 Å².